The van der Waals surface area contributed by atoms with Crippen molar-refractivity contribution in [2.45, 2.75) is 31.6 Å². The van der Waals surface area contributed by atoms with Gasteiger partial charge in [0.05, 0.1) is 5.75 Å². The van der Waals surface area contributed by atoms with Crippen LogP contribution in [-0.2, 0) is 15.8 Å². The van der Waals surface area contributed by atoms with Crippen molar-refractivity contribution in [3.05, 3.63) is 59.7 Å². The van der Waals surface area contributed by atoms with E-state index in [1.807, 2.05) is 42.5 Å². The lowest BCUT2D eigenvalue weighted by Crippen LogP contribution is -2.31. The molecule has 0 amide bonds. The molecule has 1 atom stereocenters. The zero-order chi connectivity index (χ0) is 17.4. The van der Waals surface area contributed by atoms with Crippen molar-refractivity contribution < 1.29 is 12.9 Å². The molecule has 0 radical (unpaired) electrons. The van der Waals surface area contributed by atoms with Crippen molar-refractivity contribution in [3.63, 3.8) is 0 Å². The molecule has 130 valence electrons. The Hall–Kier alpha value is -2.25. The van der Waals surface area contributed by atoms with Crippen molar-refractivity contribution in [1.29, 1.82) is 0 Å². The van der Waals surface area contributed by atoms with E-state index >= 15 is 0 Å². The summed E-state index contributed by atoms with van der Waals surface area (Å²) in [5.41, 5.74) is 0.783. The van der Waals surface area contributed by atoms with Gasteiger partial charge in [-0.25, -0.2) is 8.42 Å². The number of benzene rings is 2. The topological polar surface area (TPSA) is 76.3 Å². The number of aryl methyl sites for hydroxylation is 1. The number of fused-ring (bicyclic) bond motifs is 1. The molecule has 2 heterocycles. The van der Waals surface area contributed by atoms with Gasteiger partial charge in [-0.15, -0.1) is 0 Å². The smallest absolute Gasteiger partial charge is 0.245 e. The number of rotatable bonds is 4. The zero-order valence-corrected chi connectivity index (χ0v) is 14.7. The molecular formula is C18H19N3O3S. The fraction of sp³-hybridized carbons (Fsp3) is 0.333. The molecule has 1 aliphatic heterocycles. The molecule has 0 saturated carbocycles. The van der Waals surface area contributed by atoms with E-state index in [4.69, 9.17) is 4.52 Å². The maximum Gasteiger partial charge on any atom is 0.245 e. The molecule has 0 bridgehead atoms. The van der Waals surface area contributed by atoms with E-state index in [1.165, 1.54) is 4.31 Å². The molecule has 1 aliphatic rings. The van der Waals surface area contributed by atoms with Crippen molar-refractivity contribution in [3.8, 4) is 0 Å². The Kier molecular flexibility index (Phi) is 4.05. The zero-order valence-electron chi connectivity index (χ0n) is 13.9. The molecule has 3 aromatic rings. The minimum atomic E-state index is -3.46. The average Bonchev–Trinajstić information content (AvgIpc) is 3.23. The lowest BCUT2D eigenvalue weighted by Gasteiger charge is -2.21. The van der Waals surface area contributed by atoms with Gasteiger partial charge in [-0.3, -0.25) is 0 Å². The molecule has 2 aromatic carbocycles. The molecule has 1 saturated heterocycles. The Labute approximate surface area is 146 Å². The van der Waals surface area contributed by atoms with Crippen LogP contribution >= 0.6 is 0 Å². The van der Waals surface area contributed by atoms with Crippen LogP contribution in [0.3, 0.4) is 0 Å². The van der Waals surface area contributed by atoms with Gasteiger partial charge < -0.3 is 4.52 Å². The predicted octanol–water partition coefficient (Wildman–Crippen LogP) is 3.20. The molecule has 0 spiro atoms. The SMILES string of the molecule is Cc1noc(C2CCCN2S(=O)(=O)Cc2ccc3ccccc3c2)n1. The summed E-state index contributed by atoms with van der Waals surface area (Å²) in [5, 5.41) is 5.93. The number of hydrogen-bond donors (Lipinski definition) is 0. The van der Waals surface area contributed by atoms with E-state index in [-0.39, 0.29) is 11.8 Å². The summed E-state index contributed by atoms with van der Waals surface area (Å²) < 4.78 is 32.7. The second-order valence-electron chi connectivity index (χ2n) is 6.39. The summed E-state index contributed by atoms with van der Waals surface area (Å²) in [6.45, 7) is 2.22. The summed E-state index contributed by atoms with van der Waals surface area (Å²) in [5.74, 6) is 0.882. The first kappa shape index (κ1) is 16.2. The predicted molar refractivity (Wildman–Crippen MR) is 94.3 cm³/mol. The van der Waals surface area contributed by atoms with Crippen LogP contribution in [0.2, 0.25) is 0 Å². The quantitative estimate of drug-likeness (QED) is 0.717. The van der Waals surface area contributed by atoms with Crippen LogP contribution in [0.25, 0.3) is 10.8 Å². The van der Waals surface area contributed by atoms with Gasteiger partial charge in [0.25, 0.3) is 0 Å². The fourth-order valence-electron chi connectivity index (χ4n) is 3.39. The fourth-order valence-corrected chi connectivity index (χ4v) is 5.15. The van der Waals surface area contributed by atoms with E-state index in [1.54, 1.807) is 6.92 Å². The molecule has 4 rings (SSSR count). The lowest BCUT2D eigenvalue weighted by atomic mass is 10.1. The number of nitrogens with zero attached hydrogens (tertiary/aromatic N) is 3. The monoisotopic (exact) mass is 357 g/mol. The maximum absolute atomic E-state index is 13.0. The van der Waals surface area contributed by atoms with E-state index in [0.717, 1.165) is 22.8 Å². The highest BCUT2D eigenvalue weighted by atomic mass is 32.2. The molecule has 0 N–H and O–H groups in total. The van der Waals surface area contributed by atoms with Gasteiger partial charge in [0.1, 0.15) is 6.04 Å². The third-order valence-corrected chi connectivity index (χ3v) is 6.40. The van der Waals surface area contributed by atoms with Gasteiger partial charge in [0.2, 0.25) is 15.9 Å². The van der Waals surface area contributed by atoms with E-state index in [0.29, 0.717) is 24.7 Å². The third-order valence-electron chi connectivity index (χ3n) is 4.55. The molecular weight excluding hydrogens is 338 g/mol. The summed E-state index contributed by atoms with van der Waals surface area (Å²) in [4.78, 5) is 4.22. The van der Waals surface area contributed by atoms with E-state index in [9.17, 15) is 8.42 Å². The third kappa shape index (κ3) is 3.17. The first-order valence-electron chi connectivity index (χ1n) is 8.30. The van der Waals surface area contributed by atoms with Crippen LogP contribution in [0, 0.1) is 6.92 Å². The van der Waals surface area contributed by atoms with Crippen LogP contribution in [0.4, 0.5) is 0 Å². The minimum Gasteiger partial charge on any atom is -0.338 e. The Morgan fingerprint density at radius 2 is 2.00 bits per heavy atom. The maximum atomic E-state index is 13.0. The van der Waals surface area contributed by atoms with Crippen molar-refractivity contribution in [2.75, 3.05) is 6.54 Å². The summed E-state index contributed by atoms with van der Waals surface area (Å²) in [6, 6.07) is 13.4. The minimum absolute atomic E-state index is 0.0263. The molecule has 0 aliphatic carbocycles. The first-order valence-corrected chi connectivity index (χ1v) is 9.91. The summed E-state index contributed by atoms with van der Waals surface area (Å²) >= 11 is 0. The highest BCUT2D eigenvalue weighted by molar-refractivity contribution is 7.88. The van der Waals surface area contributed by atoms with E-state index < -0.39 is 10.0 Å². The van der Waals surface area contributed by atoms with Gasteiger partial charge in [0, 0.05) is 6.54 Å². The molecule has 1 fully saturated rings. The van der Waals surface area contributed by atoms with Crippen LogP contribution in [-0.4, -0.2) is 29.4 Å². The average molecular weight is 357 g/mol. The van der Waals surface area contributed by atoms with Gasteiger partial charge in [-0.05, 0) is 36.1 Å². The number of aromatic nitrogens is 2. The highest BCUT2D eigenvalue weighted by Crippen LogP contribution is 2.34. The van der Waals surface area contributed by atoms with Gasteiger partial charge in [-0.2, -0.15) is 9.29 Å². The number of hydrogen-bond acceptors (Lipinski definition) is 5. The van der Waals surface area contributed by atoms with Crippen LogP contribution in [0.1, 0.15) is 36.2 Å². The largest absolute Gasteiger partial charge is 0.338 e. The van der Waals surface area contributed by atoms with Crippen molar-refractivity contribution in [1.82, 2.24) is 14.4 Å². The van der Waals surface area contributed by atoms with Crippen molar-refractivity contribution >= 4 is 20.8 Å². The van der Waals surface area contributed by atoms with Crippen molar-refractivity contribution in [2.24, 2.45) is 0 Å². The highest BCUT2D eigenvalue weighted by Gasteiger charge is 2.38. The van der Waals surface area contributed by atoms with Crippen LogP contribution in [0.15, 0.2) is 47.0 Å². The summed E-state index contributed by atoms with van der Waals surface area (Å²) in [6.07, 6.45) is 1.50. The van der Waals surface area contributed by atoms with Crippen LogP contribution < -0.4 is 0 Å². The molecule has 25 heavy (non-hydrogen) atoms. The Morgan fingerprint density at radius 1 is 1.20 bits per heavy atom. The molecule has 1 unspecified atom stereocenters. The van der Waals surface area contributed by atoms with Crippen LogP contribution in [0.5, 0.6) is 0 Å². The second kappa shape index (κ2) is 6.24. The molecule has 7 heteroatoms. The molecule has 6 nitrogen and oxygen atoms in total. The number of sulfonamides is 1. The first-order chi connectivity index (χ1) is 12.0. The molecule has 1 aromatic heterocycles. The van der Waals surface area contributed by atoms with Gasteiger partial charge >= 0.3 is 0 Å². The summed E-state index contributed by atoms with van der Waals surface area (Å²) in [7, 11) is -3.46. The van der Waals surface area contributed by atoms with Gasteiger partial charge in [-0.1, -0.05) is 47.6 Å². The standard InChI is InChI=1S/C18H19N3O3S/c1-13-19-18(24-20-13)17-7-4-10-21(17)25(22,23)12-14-8-9-15-5-2-3-6-16(15)11-14/h2-3,5-6,8-9,11,17H,4,7,10,12H2,1H3. The Bertz CT molecular complexity index is 1010. The van der Waals surface area contributed by atoms with E-state index in [2.05, 4.69) is 10.1 Å². The second-order valence-corrected chi connectivity index (χ2v) is 8.31. The lowest BCUT2D eigenvalue weighted by molar-refractivity contribution is 0.289. The normalized spacial score (nSPS) is 18.8. The Morgan fingerprint density at radius 3 is 2.76 bits per heavy atom. The van der Waals surface area contributed by atoms with Gasteiger partial charge in [0.15, 0.2) is 5.82 Å². The Balaban J connectivity index is 1.61.